The summed E-state index contributed by atoms with van der Waals surface area (Å²) in [6.45, 7) is 4.48. The van der Waals surface area contributed by atoms with E-state index in [-0.39, 0.29) is 29.5 Å². The molecule has 0 radical (unpaired) electrons. The molecule has 1 fully saturated rings. The normalized spacial score (nSPS) is 16.3. The molecule has 0 unspecified atom stereocenters. The quantitative estimate of drug-likeness (QED) is 0.728. The first kappa shape index (κ1) is 21.7. The number of carbonyl (C=O) groups excluding carboxylic acids is 2. The summed E-state index contributed by atoms with van der Waals surface area (Å²) in [6.07, 6.45) is 0.321. The summed E-state index contributed by atoms with van der Waals surface area (Å²) in [4.78, 5) is 39.3. The molecule has 0 spiro atoms. The fraction of sp³-hybridized carbons (Fsp3) is 0.455. The number of carbonyl (C=O) groups is 2. The second-order valence-electron chi connectivity index (χ2n) is 8.19. The lowest BCUT2D eigenvalue weighted by molar-refractivity contribution is -0.133. The Kier molecular flexibility index (Phi) is 6.34. The maximum Gasteiger partial charge on any atom is 0.227 e. The van der Waals surface area contributed by atoms with Crippen molar-refractivity contribution in [3.05, 3.63) is 47.7 Å². The molecule has 0 saturated carbocycles. The highest BCUT2D eigenvalue weighted by atomic mass is 19.1. The molecule has 30 heavy (non-hydrogen) atoms. The topological polar surface area (TPSA) is 69.6 Å². The van der Waals surface area contributed by atoms with E-state index in [0.717, 1.165) is 11.5 Å². The molecule has 8 heteroatoms. The Balaban J connectivity index is 1.86. The Labute approximate surface area is 176 Å². The maximum atomic E-state index is 13.2. The van der Waals surface area contributed by atoms with Crippen LogP contribution in [0.25, 0.3) is 0 Å². The highest BCUT2D eigenvalue weighted by Crippen LogP contribution is 2.32. The second-order valence-corrected chi connectivity index (χ2v) is 8.19. The number of nitrogens with zero attached hydrogens (tertiary/aromatic N) is 5. The van der Waals surface area contributed by atoms with E-state index in [1.807, 2.05) is 38.9 Å². The molecule has 1 saturated heterocycles. The number of hydrogen-bond acceptors (Lipinski definition) is 5. The summed E-state index contributed by atoms with van der Waals surface area (Å²) in [5.41, 5.74) is 1.44. The van der Waals surface area contributed by atoms with E-state index >= 15 is 0 Å². The van der Waals surface area contributed by atoms with E-state index in [0.29, 0.717) is 31.0 Å². The van der Waals surface area contributed by atoms with Gasteiger partial charge in [-0.2, -0.15) is 0 Å². The van der Waals surface area contributed by atoms with Gasteiger partial charge in [-0.25, -0.2) is 14.4 Å². The van der Waals surface area contributed by atoms with Crippen LogP contribution in [0.1, 0.15) is 37.7 Å². The van der Waals surface area contributed by atoms with E-state index in [4.69, 9.17) is 0 Å². The fourth-order valence-corrected chi connectivity index (χ4v) is 3.52. The summed E-state index contributed by atoms with van der Waals surface area (Å²) in [6, 6.07) is 7.81. The van der Waals surface area contributed by atoms with Gasteiger partial charge < -0.3 is 14.7 Å². The van der Waals surface area contributed by atoms with Crippen molar-refractivity contribution in [2.75, 3.05) is 37.5 Å². The molecule has 2 aromatic rings. The molecular formula is C22H28FN5O2. The van der Waals surface area contributed by atoms with Crippen molar-refractivity contribution in [2.45, 2.75) is 32.7 Å². The summed E-state index contributed by atoms with van der Waals surface area (Å²) in [5, 5.41) is 0. The van der Waals surface area contributed by atoms with Crippen LogP contribution < -0.4 is 9.80 Å². The van der Waals surface area contributed by atoms with Gasteiger partial charge in [-0.05, 0) is 24.3 Å². The van der Waals surface area contributed by atoms with Crippen LogP contribution in [0.2, 0.25) is 0 Å². The second kappa shape index (κ2) is 8.77. The van der Waals surface area contributed by atoms with E-state index < -0.39 is 0 Å². The molecule has 0 bridgehead atoms. The lowest BCUT2D eigenvalue weighted by atomic mass is 10.0. The van der Waals surface area contributed by atoms with Crippen LogP contribution in [0.4, 0.5) is 15.9 Å². The van der Waals surface area contributed by atoms with Crippen molar-refractivity contribution < 1.29 is 14.0 Å². The van der Waals surface area contributed by atoms with Gasteiger partial charge in [0.2, 0.25) is 11.8 Å². The van der Waals surface area contributed by atoms with E-state index in [2.05, 4.69) is 9.97 Å². The zero-order valence-corrected chi connectivity index (χ0v) is 18.1. The number of halogens is 1. The molecule has 2 heterocycles. The lowest BCUT2D eigenvalue weighted by Gasteiger charge is -2.21. The molecule has 7 nitrogen and oxygen atoms in total. The molecule has 1 aliphatic heterocycles. The molecule has 1 atom stereocenters. The first-order valence-corrected chi connectivity index (χ1v) is 10.0. The first-order valence-electron chi connectivity index (χ1n) is 10.0. The van der Waals surface area contributed by atoms with Crippen molar-refractivity contribution in [3.63, 3.8) is 0 Å². The van der Waals surface area contributed by atoms with Gasteiger partial charge in [-0.1, -0.05) is 13.8 Å². The van der Waals surface area contributed by atoms with Crippen LogP contribution in [-0.4, -0.2) is 54.4 Å². The Morgan fingerprint density at radius 2 is 1.87 bits per heavy atom. The minimum atomic E-state index is -0.335. The van der Waals surface area contributed by atoms with E-state index in [1.54, 1.807) is 29.0 Å². The van der Waals surface area contributed by atoms with Gasteiger partial charge in [0.15, 0.2) is 0 Å². The standard InChI is InChI=1S/C22H28FN5O2/c1-14(2)22(30)27(5)13-19-24-18(11-20(25-19)26(3)4)15-10-21(29)28(12-15)17-8-6-16(23)7-9-17/h6-9,11,14-15H,10,12-13H2,1-5H3/t15-/m0/s1. The summed E-state index contributed by atoms with van der Waals surface area (Å²) in [5.74, 6) is 0.725. The Morgan fingerprint density at radius 1 is 1.20 bits per heavy atom. The molecule has 160 valence electrons. The zero-order chi connectivity index (χ0) is 22.0. The molecule has 1 aromatic heterocycles. The van der Waals surface area contributed by atoms with Crippen molar-refractivity contribution in [3.8, 4) is 0 Å². The minimum absolute atomic E-state index is 0.0222. The van der Waals surface area contributed by atoms with Gasteiger partial charge in [-0.15, -0.1) is 0 Å². The lowest BCUT2D eigenvalue weighted by Crippen LogP contribution is -2.31. The Hall–Kier alpha value is -3.03. The van der Waals surface area contributed by atoms with Crippen LogP contribution in [0, 0.1) is 11.7 Å². The van der Waals surface area contributed by atoms with Crippen molar-refractivity contribution >= 4 is 23.3 Å². The molecule has 0 N–H and O–H groups in total. The summed E-state index contributed by atoms with van der Waals surface area (Å²) < 4.78 is 13.2. The highest BCUT2D eigenvalue weighted by Gasteiger charge is 2.33. The van der Waals surface area contributed by atoms with E-state index in [9.17, 15) is 14.0 Å². The Bertz CT molecular complexity index is 930. The van der Waals surface area contributed by atoms with Gasteiger partial charge in [0, 0.05) is 57.7 Å². The van der Waals surface area contributed by atoms with E-state index in [1.165, 1.54) is 12.1 Å². The number of benzene rings is 1. The zero-order valence-electron chi connectivity index (χ0n) is 18.1. The number of hydrogen-bond donors (Lipinski definition) is 0. The number of anilines is 2. The molecule has 0 aliphatic carbocycles. The summed E-state index contributed by atoms with van der Waals surface area (Å²) >= 11 is 0. The van der Waals surface area contributed by atoms with Crippen LogP contribution in [0.5, 0.6) is 0 Å². The predicted octanol–water partition coefficient (Wildman–Crippen LogP) is 2.82. The maximum absolute atomic E-state index is 13.2. The minimum Gasteiger partial charge on any atom is -0.363 e. The monoisotopic (exact) mass is 413 g/mol. The fourth-order valence-electron chi connectivity index (χ4n) is 3.52. The predicted molar refractivity (Wildman–Crippen MR) is 114 cm³/mol. The third kappa shape index (κ3) is 4.75. The number of aromatic nitrogens is 2. The SMILES string of the molecule is CC(C)C(=O)N(C)Cc1nc([C@H]2CC(=O)N(c3ccc(F)cc3)C2)cc(N(C)C)n1. The van der Waals surface area contributed by atoms with Gasteiger partial charge in [0.25, 0.3) is 0 Å². The van der Waals surface area contributed by atoms with Gasteiger partial charge in [0.05, 0.1) is 12.2 Å². The molecule has 3 rings (SSSR count). The molecule has 1 aliphatic rings. The smallest absolute Gasteiger partial charge is 0.227 e. The number of amides is 2. The van der Waals surface area contributed by atoms with Crippen LogP contribution in [-0.2, 0) is 16.1 Å². The molecule has 1 aromatic carbocycles. The van der Waals surface area contributed by atoms with Crippen molar-refractivity contribution in [2.24, 2.45) is 5.92 Å². The van der Waals surface area contributed by atoms with Gasteiger partial charge >= 0.3 is 0 Å². The highest BCUT2D eigenvalue weighted by molar-refractivity contribution is 5.96. The van der Waals surface area contributed by atoms with Crippen LogP contribution >= 0.6 is 0 Å². The van der Waals surface area contributed by atoms with Gasteiger partial charge in [-0.3, -0.25) is 9.59 Å². The largest absolute Gasteiger partial charge is 0.363 e. The average molecular weight is 413 g/mol. The van der Waals surface area contributed by atoms with Gasteiger partial charge in [0.1, 0.15) is 17.5 Å². The average Bonchev–Trinajstić information content (AvgIpc) is 3.09. The molecule has 2 amide bonds. The van der Waals surface area contributed by atoms with Crippen molar-refractivity contribution in [1.29, 1.82) is 0 Å². The van der Waals surface area contributed by atoms with Crippen LogP contribution in [0.3, 0.4) is 0 Å². The Morgan fingerprint density at radius 3 is 2.47 bits per heavy atom. The third-order valence-electron chi connectivity index (χ3n) is 5.17. The number of rotatable bonds is 6. The van der Waals surface area contributed by atoms with Crippen molar-refractivity contribution in [1.82, 2.24) is 14.9 Å². The van der Waals surface area contributed by atoms with Crippen LogP contribution in [0.15, 0.2) is 30.3 Å². The molecular weight excluding hydrogens is 385 g/mol. The summed E-state index contributed by atoms with van der Waals surface area (Å²) in [7, 11) is 5.52. The first-order chi connectivity index (χ1) is 14.2. The third-order valence-corrected chi connectivity index (χ3v) is 5.17.